The Hall–Kier alpha value is -3.95. The van der Waals surface area contributed by atoms with Crippen LogP contribution in [0.3, 0.4) is 0 Å². The van der Waals surface area contributed by atoms with Crippen molar-refractivity contribution in [2.24, 2.45) is 0 Å². The van der Waals surface area contributed by atoms with Crippen LogP contribution in [0.1, 0.15) is 41.5 Å². The van der Waals surface area contributed by atoms with E-state index in [4.69, 9.17) is 36.7 Å². The smallest absolute Gasteiger partial charge is 0.485 e. The van der Waals surface area contributed by atoms with Crippen molar-refractivity contribution in [2.75, 3.05) is 20.3 Å². The number of carbonyl (C=O) groups excluding carboxylic acids is 2. The van der Waals surface area contributed by atoms with Crippen LogP contribution in [0.4, 0.5) is 13.2 Å². The molecule has 3 aromatic carbocycles. The van der Waals surface area contributed by atoms with Crippen LogP contribution < -0.4 is 14.2 Å². The molecule has 10 nitrogen and oxygen atoms in total. The Bertz CT molecular complexity index is 1500. The van der Waals surface area contributed by atoms with Gasteiger partial charge in [0.2, 0.25) is 0 Å². The second-order valence-corrected chi connectivity index (χ2v) is 15.0. The lowest BCUT2D eigenvalue weighted by atomic mass is 10.2. The van der Waals surface area contributed by atoms with Crippen LogP contribution in [0.5, 0.6) is 17.2 Å². The number of carbonyl (C=O) groups is 2. The van der Waals surface area contributed by atoms with E-state index >= 15 is 0 Å². The van der Waals surface area contributed by atoms with Crippen molar-refractivity contribution in [2.45, 2.75) is 72.9 Å². The van der Waals surface area contributed by atoms with E-state index in [-0.39, 0.29) is 13.2 Å². The van der Waals surface area contributed by atoms with Gasteiger partial charge in [-0.25, -0.2) is 18.0 Å². The van der Waals surface area contributed by atoms with E-state index in [1.165, 1.54) is 0 Å². The van der Waals surface area contributed by atoms with Crippen LogP contribution in [0.2, 0.25) is 0 Å². The maximum Gasteiger partial charge on any atom is 0.485 e. The molecule has 0 N–H and O–H groups in total. The number of benzene rings is 3. The first-order chi connectivity index (χ1) is 21.6. The Morgan fingerprint density at radius 1 is 0.681 bits per heavy atom. The molecule has 0 aromatic heterocycles. The molecule has 0 amide bonds. The molecule has 0 unspecified atom stereocenters. The zero-order valence-corrected chi connectivity index (χ0v) is 28.5. The second-order valence-electron chi connectivity index (χ2n) is 11.6. The molecule has 47 heavy (non-hydrogen) atoms. The number of methoxy groups -OCH3 is 1. The fourth-order valence-corrected chi connectivity index (χ4v) is 5.59. The van der Waals surface area contributed by atoms with E-state index in [9.17, 15) is 22.8 Å². The predicted molar refractivity (Wildman–Crippen MR) is 166 cm³/mol. The minimum atomic E-state index is -6.09. The SMILES string of the molecule is COc1cccc([S+](c2ccc(OCC(=O)OC(C)(C)C)cc2)c2ccc(OCC(=O)OC(C)(C)C)cc2)c1.O=S(=O)([O-])C(F)(F)F. The van der Waals surface area contributed by atoms with E-state index in [1.807, 2.05) is 108 Å². The molecule has 0 saturated carbocycles. The van der Waals surface area contributed by atoms with Crippen molar-refractivity contribution in [3.8, 4) is 17.2 Å². The van der Waals surface area contributed by atoms with Crippen molar-refractivity contribution < 1.29 is 59.4 Å². The third-order valence-corrected chi connectivity index (χ3v) is 8.01. The van der Waals surface area contributed by atoms with Gasteiger partial charge in [-0.3, -0.25) is 0 Å². The lowest BCUT2D eigenvalue weighted by molar-refractivity contribution is -0.158. The highest BCUT2D eigenvalue weighted by atomic mass is 32.2. The number of hydrogen-bond donors (Lipinski definition) is 0. The molecule has 3 aromatic rings. The van der Waals surface area contributed by atoms with Gasteiger partial charge in [0.15, 0.2) is 38.0 Å². The lowest BCUT2D eigenvalue weighted by Gasteiger charge is -2.19. The molecule has 0 aliphatic rings. The van der Waals surface area contributed by atoms with E-state index in [2.05, 4.69) is 6.07 Å². The monoisotopic (exact) mass is 702 g/mol. The van der Waals surface area contributed by atoms with Crippen LogP contribution in [0, 0.1) is 0 Å². The summed E-state index contributed by atoms with van der Waals surface area (Å²) >= 11 is 0. The number of hydrogen-bond acceptors (Lipinski definition) is 10. The Labute approximate surface area is 275 Å². The summed E-state index contributed by atoms with van der Waals surface area (Å²) in [7, 11) is -4.92. The molecule has 0 aliphatic heterocycles. The van der Waals surface area contributed by atoms with Crippen LogP contribution in [-0.4, -0.2) is 61.9 Å². The molecule has 3 rings (SSSR count). The molecule has 0 spiro atoms. The molecular formula is C32H37F3O10S2. The lowest BCUT2D eigenvalue weighted by Crippen LogP contribution is -2.27. The Kier molecular flexibility index (Phi) is 13.6. The minimum Gasteiger partial charge on any atom is -0.741 e. The zero-order valence-electron chi connectivity index (χ0n) is 26.9. The number of alkyl halides is 3. The number of halogens is 3. The molecule has 0 saturated heterocycles. The fourth-order valence-electron chi connectivity index (χ4n) is 3.51. The first-order valence-electron chi connectivity index (χ1n) is 13.9. The molecule has 0 radical (unpaired) electrons. The van der Waals surface area contributed by atoms with Gasteiger partial charge in [-0.15, -0.1) is 0 Å². The van der Waals surface area contributed by atoms with E-state index in [1.54, 1.807) is 7.11 Å². The van der Waals surface area contributed by atoms with E-state index in [0.29, 0.717) is 11.5 Å². The standard InChI is InChI=1S/C31H37O7S.CHF3O3S/c1-30(2,3)37-28(32)20-35-22-11-15-25(16-12-22)39(27-10-8-9-24(19-27)34-7)26-17-13-23(14-18-26)36-21-29(33)38-31(4,5)6;2-1(3,4)8(5,6)7/h8-19H,20-21H2,1-7H3;(H,5,6,7)/q+1;/p-1. The van der Waals surface area contributed by atoms with Gasteiger partial charge in [0.1, 0.15) is 28.5 Å². The number of rotatable bonds is 10. The van der Waals surface area contributed by atoms with Gasteiger partial charge >= 0.3 is 17.4 Å². The summed E-state index contributed by atoms with van der Waals surface area (Å²) in [5.74, 6) is 1.07. The van der Waals surface area contributed by atoms with Crippen LogP contribution in [0.15, 0.2) is 87.5 Å². The summed E-state index contributed by atoms with van der Waals surface area (Å²) in [6.07, 6.45) is 0. The average Bonchev–Trinajstić information content (AvgIpc) is 2.94. The summed E-state index contributed by atoms with van der Waals surface area (Å²) in [4.78, 5) is 27.2. The quantitative estimate of drug-likeness (QED) is 0.103. The summed E-state index contributed by atoms with van der Waals surface area (Å²) in [6, 6.07) is 23.3. The maximum absolute atomic E-state index is 12.0. The van der Waals surface area contributed by atoms with E-state index in [0.717, 1.165) is 20.4 Å². The van der Waals surface area contributed by atoms with Crippen LogP contribution >= 0.6 is 0 Å². The minimum absolute atomic E-state index is 0.164. The Morgan fingerprint density at radius 2 is 1.06 bits per heavy atom. The zero-order chi connectivity index (χ0) is 35.6. The molecule has 258 valence electrons. The first kappa shape index (κ1) is 39.2. The highest BCUT2D eigenvalue weighted by Gasteiger charge is 2.37. The van der Waals surface area contributed by atoms with Crippen molar-refractivity contribution in [3.63, 3.8) is 0 Å². The summed E-state index contributed by atoms with van der Waals surface area (Å²) < 4.78 is 86.3. The second kappa shape index (κ2) is 16.2. The normalized spacial score (nSPS) is 12.0. The van der Waals surface area contributed by atoms with Gasteiger partial charge < -0.3 is 28.2 Å². The summed E-state index contributed by atoms with van der Waals surface area (Å²) in [6.45, 7) is 10.6. The maximum atomic E-state index is 12.0. The highest BCUT2D eigenvalue weighted by Crippen LogP contribution is 2.34. The molecule has 0 aliphatic carbocycles. The van der Waals surface area contributed by atoms with Crippen molar-refractivity contribution in [1.82, 2.24) is 0 Å². The molecular weight excluding hydrogens is 665 g/mol. The molecule has 0 bridgehead atoms. The van der Waals surface area contributed by atoms with Gasteiger partial charge in [-0.2, -0.15) is 13.2 Å². The van der Waals surface area contributed by atoms with Gasteiger partial charge in [0.05, 0.1) is 18.0 Å². The summed E-state index contributed by atoms with van der Waals surface area (Å²) in [5.41, 5.74) is -6.77. The van der Waals surface area contributed by atoms with Crippen molar-refractivity contribution in [1.29, 1.82) is 0 Å². The van der Waals surface area contributed by atoms with Gasteiger partial charge in [-0.1, -0.05) is 6.07 Å². The number of esters is 2. The Balaban J connectivity index is 0.000000849. The van der Waals surface area contributed by atoms with Gasteiger partial charge in [0, 0.05) is 6.07 Å². The van der Waals surface area contributed by atoms with Crippen LogP contribution in [0.25, 0.3) is 0 Å². The topological polar surface area (TPSA) is 137 Å². The highest BCUT2D eigenvalue weighted by molar-refractivity contribution is 7.97. The largest absolute Gasteiger partial charge is 0.741 e. The van der Waals surface area contributed by atoms with Crippen LogP contribution in [-0.2, 0) is 40.1 Å². The van der Waals surface area contributed by atoms with Gasteiger partial charge in [-0.05, 0) is 102 Å². The summed E-state index contributed by atoms with van der Waals surface area (Å²) in [5, 5.41) is 0. The molecule has 15 heteroatoms. The molecule has 0 heterocycles. The molecule has 0 atom stereocenters. The van der Waals surface area contributed by atoms with Gasteiger partial charge in [0.25, 0.3) is 0 Å². The predicted octanol–water partition coefficient (Wildman–Crippen LogP) is 6.28. The number of ether oxygens (including phenoxy) is 5. The Morgan fingerprint density at radius 3 is 1.38 bits per heavy atom. The van der Waals surface area contributed by atoms with Crippen molar-refractivity contribution in [3.05, 3.63) is 72.8 Å². The first-order valence-corrected chi connectivity index (χ1v) is 16.5. The fraction of sp³-hybridized carbons (Fsp3) is 0.375. The third-order valence-electron chi connectivity index (χ3n) is 5.23. The average molecular weight is 703 g/mol. The van der Waals surface area contributed by atoms with E-state index < -0.39 is 49.7 Å². The van der Waals surface area contributed by atoms with Crippen molar-refractivity contribution >= 4 is 33.0 Å². The molecule has 0 fully saturated rings. The third kappa shape index (κ3) is 14.1.